The van der Waals surface area contributed by atoms with E-state index >= 15 is 0 Å². The summed E-state index contributed by atoms with van der Waals surface area (Å²) in [5.41, 5.74) is 16.5. The Balaban J connectivity index is 3.04. The fourth-order valence-electron chi connectivity index (χ4n) is 0.555. The van der Waals surface area contributed by atoms with E-state index in [0.717, 1.165) is 0 Å². The molecule has 0 saturated heterocycles. The summed E-state index contributed by atoms with van der Waals surface area (Å²) in [5.74, 6) is 0.428. The van der Waals surface area contributed by atoms with Crippen LogP contribution in [0.4, 0.5) is 11.5 Å². The lowest BCUT2D eigenvalue weighted by Crippen LogP contribution is -2.11. The lowest BCUT2D eigenvalue weighted by atomic mass is 10.5. The molecule has 0 aliphatic rings. The molecule has 0 bridgehead atoms. The van der Waals surface area contributed by atoms with Gasteiger partial charge in [-0.15, -0.1) is 0 Å². The van der Waals surface area contributed by atoms with Crippen LogP contribution in [0.15, 0.2) is 6.20 Å². The van der Waals surface area contributed by atoms with Gasteiger partial charge in [-0.05, 0) is 0 Å². The summed E-state index contributed by atoms with van der Waals surface area (Å²) in [6.45, 7) is 0.267. The molecule has 0 spiro atoms. The standard InChI is InChI=1S/C4H9N5/c5-2-9-4(7)3(6)1-8-9/h1H,2,5-7H2. The first-order valence-electron chi connectivity index (χ1n) is 2.52. The molecule has 0 aliphatic heterocycles. The largest absolute Gasteiger partial charge is 0.394 e. The Kier molecular flexibility index (Phi) is 1.27. The van der Waals surface area contributed by atoms with Gasteiger partial charge in [-0.1, -0.05) is 0 Å². The first kappa shape index (κ1) is 5.90. The second-order valence-electron chi connectivity index (χ2n) is 1.67. The molecule has 1 aromatic heterocycles. The van der Waals surface area contributed by atoms with Crippen LogP contribution in [0.2, 0.25) is 0 Å². The summed E-state index contributed by atoms with van der Waals surface area (Å²) in [6, 6.07) is 0. The fourth-order valence-corrected chi connectivity index (χ4v) is 0.555. The minimum atomic E-state index is 0.267. The van der Waals surface area contributed by atoms with Crippen molar-refractivity contribution >= 4 is 11.5 Å². The van der Waals surface area contributed by atoms with E-state index in [1.165, 1.54) is 10.9 Å². The Labute approximate surface area is 52.4 Å². The van der Waals surface area contributed by atoms with Crippen molar-refractivity contribution in [3.05, 3.63) is 6.20 Å². The summed E-state index contributed by atoms with van der Waals surface area (Å²) in [5, 5.41) is 3.78. The van der Waals surface area contributed by atoms with Crippen molar-refractivity contribution in [2.45, 2.75) is 6.67 Å². The molecule has 1 aromatic rings. The van der Waals surface area contributed by atoms with Crippen LogP contribution in [-0.4, -0.2) is 9.78 Å². The second-order valence-corrected chi connectivity index (χ2v) is 1.67. The maximum Gasteiger partial charge on any atom is 0.146 e. The third-order valence-corrected chi connectivity index (χ3v) is 1.08. The van der Waals surface area contributed by atoms with E-state index in [9.17, 15) is 0 Å². The number of rotatable bonds is 1. The molecule has 0 amide bonds. The van der Waals surface area contributed by atoms with Gasteiger partial charge < -0.3 is 17.2 Å². The fraction of sp³-hybridized carbons (Fsp3) is 0.250. The highest BCUT2D eigenvalue weighted by Crippen LogP contribution is 2.10. The summed E-state index contributed by atoms with van der Waals surface area (Å²) >= 11 is 0. The minimum Gasteiger partial charge on any atom is -0.394 e. The van der Waals surface area contributed by atoms with Crippen molar-refractivity contribution in [3.8, 4) is 0 Å². The Bertz CT molecular complexity index is 203. The number of nitrogens with two attached hydrogens (primary N) is 3. The summed E-state index contributed by atoms with van der Waals surface area (Å²) in [7, 11) is 0. The molecular weight excluding hydrogens is 118 g/mol. The first-order valence-corrected chi connectivity index (χ1v) is 2.52. The molecule has 5 heteroatoms. The van der Waals surface area contributed by atoms with Crippen LogP contribution in [-0.2, 0) is 6.67 Å². The number of nitrogens with zero attached hydrogens (tertiary/aromatic N) is 2. The molecule has 0 saturated carbocycles. The molecule has 0 atom stereocenters. The van der Waals surface area contributed by atoms with Gasteiger partial charge in [-0.3, -0.25) is 0 Å². The summed E-state index contributed by atoms with van der Waals surface area (Å²) < 4.78 is 1.43. The van der Waals surface area contributed by atoms with E-state index in [1.807, 2.05) is 0 Å². The van der Waals surface area contributed by atoms with E-state index in [-0.39, 0.29) is 6.67 Å². The molecule has 1 heterocycles. The maximum atomic E-state index is 5.41. The van der Waals surface area contributed by atoms with Gasteiger partial charge in [0.25, 0.3) is 0 Å². The molecule has 0 aromatic carbocycles. The normalized spacial score (nSPS) is 9.89. The van der Waals surface area contributed by atoms with E-state index in [0.29, 0.717) is 11.5 Å². The SMILES string of the molecule is NCn1ncc(N)c1N. The quantitative estimate of drug-likeness (QED) is 0.449. The molecule has 5 nitrogen and oxygen atoms in total. The van der Waals surface area contributed by atoms with Crippen LogP contribution in [0.1, 0.15) is 0 Å². The second kappa shape index (κ2) is 1.94. The molecule has 0 fully saturated rings. The topological polar surface area (TPSA) is 95.9 Å². The first-order chi connectivity index (χ1) is 4.25. The highest BCUT2D eigenvalue weighted by molar-refractivity contribution is 5.56. The van der Waals surface area contributed by atoms with Crippen molar-refractivity contribution in [1.29, 1.82) is 0 Å². The van der Waals surface area contributed by atoms with Gasteiger partial charge in [0.1, 0.15) is 5.82 Å². The monoisotopic (exact) mass is 127 g/mol. The number of aromatic nitrogens is 2. The van der Waals surface area contributed by atoms with Crippen molar-refractivity contribution in [2.75, 3.05) is 11.5 Å². The van der Waals surface area contributed by atoms with Crippen LogP contribution in [0.5, 0.6) is 0 Å². The molecule has 1 rings (SSSR count). The van der Waals surface area contributed by atoms with Gasteiger partial charge in [0.05, 0.1) is 18.6 Å². The lowest BCUT2D eigenvalue weighted by molar-refractivity contribution is 0.648. The van der Waals surface area contributed by atoms with Crippen molar-refractivity contribution in [2.24, 2.45) is 5.73 Å². The number of hydrogen-bond donors (Lipinski definition) is 3. The van der Waals surface area contributed by atoms with Gasteiger partial charge in [0.2, 0.25) is 0 Å². The molecule has 0 unspecified atom stereocenters. The van der Waals surface area contributed by atoms with Crippen LogP contribution >= 0.6 is 0 Å². The Morgan fingerprint density at radius 3 is 2.44 bits per heavy atom. The van der Waals surface area contributed by atoms with E-state index in [4.69, 9.17) is 17.2 Å². The van der Waals surface area contributed by atoms with Gasteiger partial charge in [-0.2, -0.15) is 5.10 Å². The van der Waals surface area contributed by atoms with E-state index in [1.54, 1.807) is 0 Å². The lowest BCUT2D eigenvalue weighted by Gasteiger charge is -1.96. The highest BCUT2D eigenvalue weighted by Gasteiger charge is 1.99. The van der Waals surface area contributed by atoms with Gasteiger partial charge in [0, 0.05) is 0 Å². The zero-order chi connectivity index (χ0) is 6.85. The Morgan fingerprint density at radius 2 is 2.22 bits per heavy atom. The molecule has 0 aliphatic carbocycles. The van der Waals surface area contributed by atoms with Crippen LogP contribution in [0.25, 0.3) is 0 Å². The smallest absolute Gasteiger partial charge is 0.146 e. The van der Waals surface area contributed by atoms with E-state index in [2.05, 4.69) is 5.10 Å². The third-order valence-electron chi connectivity index (χ3n) is 1.08. The highest BCUT2D eigenvalue weighted by atomic mass is 15.3. The number of hydrogen-bond acceptors (Lipinski definition) is 4. The van der Waals surface area contributed by atoms with Crippen LogP contribution < -0.4 is 17.2 Å². The Morgan fingerprint density at radius 1 is 1.56 bits per heavy atom. The number of anilines is 2. The van der Waals surface area contributed by atoms with Gasteiger partial charge in [-0.25, -0.2) is 4.68 Å². The average molecular weight is 127 g/mol. The predicted molar refractivity (Wildman–Crippen MR) is 35.2 cm³/mol. The van der Waals surface area contributed by atoms with Crippen molar-refractivity contribution in [3.63, 3.8) is 0 Å². The predicted octanol–water partition coefficient (Wildman–Crippen LogP) is -1.04. The zero-order valence-corrected chi connectivity index (χ0v) is 4.91. The van der Waals surface area contributed by atoms with Crippen LogP contribution in [0.3, 0.4) is 0 Å². The average Bonchev–Trinajstić information content (AvgIpc) is 2.15. The van der Waals surface area contributed by atoms with Crippen molar-refractivity contribution < 1.29 is 0 Å². The minimum absolute atomic E-state index is 0.267. The van der Waals surface area contributed by atoms with Crippen LogP contribution in [0, 0.1) is 0 Å². The number of nitrogen functional groups attached to an aromatic ring is 2. The summed E-state index contributed by atoms with van der Waals surface area (Å²) in [6.07, 6.45) is 1.47. The maximum absolute atomic E-state index is 5.41. The molecule has 0 radical (unpaired) electrons. The van der Waals surface area contributed by atoms with Gasteiger partial charge >= 0.3 is 0 Å². The summed E-state index contributed by atoms with van der Waals surface area (Å²) in [4.78, 5) is 0. The molecule has 6 N–H and O–H groups in total. The molecule has 9 heavy (non-hydrogen) atoms. The molecule has 50 valence electrons. The zero-order valence-electron chi connectivity index (χ0n) is 4.91. The molecular formula is C4H9N5. The van der Waals surface area contributed by atoms with Gasteiger partial charge in [0.15, 0.2) is 0 Å². The third kappa shape index (κ3) is 0.812. The Hall–Kier alpha value is -1.23. The van der Waals surface area contributed by atoms with Crippen molar-refractivity contribution in [1.82, 2.24) is 9.78 Å². The van der Waals surface area contributed by atoms with E-state index < -0.39 is 0 Å².